The highest BCUT2D eigenvalue weighted by Gasteiger charge is 2.18. The molecule has 0 spiro atoms. The summed E-state index contributed by atoms with van der Waals surface area (Å²) >= 11 is 3.25. The van der Waals surface area contributed by atoms with Crippen molar-refractivity contribution >= 4 is 27.3 Å². The van der Waals surface area contributed by atoms with Gasteiger partial charge in [-0.3, -0.25) is 10.1 Å². The van der Waals surface area contributed by atoms with E-state index in [1.165, 1.54) is 6.07 Å². The van der Waals surface area contributed by atoms with Gasteiger partial charge in [-0.05, 0) is 31.2 Å². The van der Waals surface area contributed by atoms with Gasteiger partial charge in [0, 0.05) is 10.5 Å². The lowest BCUT2D eigenvalue weighted by molar-refractivity contribution is -0.384. The fraction of sp³-hybridized carbons (Fsp3) is 0.125. The number of hydrogen-bond acceptors (Lipinski definition) is 5. The number of nitrogens with zero attached hydrogens (tertiary/aromatic N) is 4. The van der Waals surface area contributed by atoms with Crippen LogP contribution in [0.2, 0.25) is 0 Å². The second-order valence-corrected chi connectivity index (χ2v) is 6.12. The normalized spacial score (nSPS) is 11.9. The number of nitro benzene ring substituents is 1. The number of nitro groups is 1. The molecular weight excluding hydrogens is 374 g/mol. The summed E-state index contributed by atoms with van der Waals surface area (Å²) in [7, 11) is 0. The molecule has 3 aromatic rings. The van der Waals surface area contributed by atoms with Crippen LogP contribution in [-0.2, 0) is 0 Å². The highest BCUT2D eigenvalue weighted by atomic mass is 79.9. The van der Waals surface area contributed by atoms with Crippen molar-refractivity contribution < 1.29 is 4.92 Å². The standard InChI is InChI=1S/C16H14BrN5O2/c1-11(18-14-8-7-12(17)9-16(14)22(23)24)15-10-21(20-19-15)13-5-3-2-4-6-13/h2-11,18H,1H3. The molecule has 0 aliphatic heterocycles. The molecule has 0 aliphatic carbocycles. The molecule has 122 valence electrons. The maximum Gasteiger partial charge on any atom is 0.293 e. The van der Waals surface area contributed by atoms with E-state index in [2.05, 4.69) is 31.6 Å². The summed E-state index contributed by atoms with van der Waals surface area (Å²) in [4.78, 5) is 10.8. The Bertz CT molecular complexity index is 866. The Kier molecular flexibility index (Phi) is 4.57. The molecule has 1 heterocycles. The highest BCUT2D eigenvalue weighted by molar-refractivity contribution is 9.10. The molecule has 8 heteroatoms. The van der Waals surface area contributed by atoms with E-state index in [1.54, 1.807) is 23.0 Å². The van der Waals surface area contributed by atoms with Crippen molar-refractivity contribution in [2.45, 2.75) is 13.0 Å². The number of anilines is 1. The van der Waals surface area contributed by atoms with Crippen molar-refractivity contribution in [3.63, 3.8) is 0 Å². The summed E-state index contributed by atoms with van der Waals surface area (Å²) in [5.41, 5.74) is 2.03. The van der Waals surface area contributed by atoms with Crippen LogP contribution in [0.1, 0.15) is 18.7 Å². The molecule has 1 atom stereocenters. The van der Waals surface area contributed by atoms with Gasteiger partial charge in [-0.25, -0.2) is 4.68 Å². The summed E-state index contributed by atoms with van der Waals surface area (Å²) < 4.78 is 2.33. The molecule has 0 amide bonds. The van der Waals surface area contributed by atoms with Gasteiger partial charge in [0.05, 0.1) is 22.8 Å². The second kappa shape index (κ2) is 6.79. The lowest BCUT2D eigenvalue weighted by Crippen LogP contribution is -2.08. The molecule has 0 aliphatic rings. The summed E-state index contributed by atoms with van der Waals surface area (Å²) in [6.07, 6.45) is 1.80. The molecule has 0 saturated heterocycles. The minimum Gasteiger partial charge on any atom is -0.371 e. The van der Waals surface area contributed by atoms with Crippen LogP contribution in [0.15, 0.2) is 59.2 Å². The van der Waals surface area contributed by atoms with E-state index >= 15 is 0 Å². The third kappa shape index (κ3) is 3.43. The van der Waals surface area contributed by atoms with Crippen LogP contribution < -0.4 is 5.32 Å². The third-order valence-corrected chi connectivity index (χ3v) is 4.00. The minimum absolute atomic E-state index is 0.00618. The van der Waals surface area contributed by atoms with E-state index < -0.39 is 4.92 Å². The molecule has 24 heavy (non-hydrogen) atoms. The van der Waals surface area contributed by atoms with E-state index in [4.69, 9.17) is 0 Å². The number of benzene rings is 2. The first-order valence-electron chi connectivity index (χ1n) is 7.23. The van der Waals surface area contributed by atoms with Gasteiger partial charge in [-0.2, -0.15) is 0 Å². The van der Waals surface area contributed by atoms with Crippen molar-refractivity contribution in [3.05, 3.63) is 75.0 Å². The van der Waals surface area contributed by atoms with Gasteiger partial charge in [0.2, 0.25) is 0 Å². The fourth-order valence-electron chi connectivity index (χ4n) is 2.27. The molecule has 1 N–H and O–H groups in total. The van der Waals surface area contributed by atoms with Crippen molar-refractivity contribution in [2.75, 3.05) is 5.32 Å². The summed E-state index contributed by atoms with van der Waals surface area (Å²) in [5.74, 6) is 0. The van der Waals surface area contributed by atoms with E-state index in [1.807, 2.05) is 37.3 Å². The number of rotatable bonds is 5. The number of aromatic nitrogens is 3. The monoisotopic (exact) mass is 387 g/mol. The van der Waals surface area contributed by atoms with Crippen LogP contribution in [0.4, 0.5) is 11.4 Å². The van der Waals surface area contributed by atoms with Crippen molar-refractivity contribution in [1.82, 2.24) is 15.0 Å². The maximum atomic E-state index is 11.2. The zero-order valence-corrected chi connectivity index (χ0v) is 14.3. The molecule has 0 bridgehead atoms. The van der Waals surface area contributed by atoms with Gasteiger partial charge in [0.15, 0.2) is 0 Å². The minimum atomic E-state index is -0.416. The lowest BCUT2D eigenvalue weighted by atomic mass is 10.2. The van der Waals surface area contributed by atoms with E-state index in [-0.39, 0.29) is 11.7 Å². The van der Waals surface area contributed by atoms with Gasteiger partial charge < -0.3 is 5.32 Å². The molecule has 1 aromatic heterocycles. The van der Waals surface area contributed by atoms with E-state index in [9.17, 15) is 10.1 Å². The van der Waals surface area contributed by atoms with Crippen molar-refractivity contribution in [1.29, 1.82) is 0 Å². The average Bonchev–Trinajstić information content (AvgIpc) is 3.07. The highest BCUT2D eigenvalue weighted by Crippen LogP contribution is 2.30. The number of hydrogen-bond donors (Lipinski definition) is 1. The zero-order valence-electron chi connectivity index (χ0n) is 12.8. The Morgan fingerprint density at radius 1 is 1.25 bits per heavy atom. The summed E-state index contributed by atoms with van der Waals surface area (Å²) in [6, 6.07) is 14.3. The number of para-hydroxylation sites is 1. The molecule has 0 radical (unpaired) electrons. The molecule has 7 nitrogen and oxygen atoms in total. The maximum absolute atomic E-state index is 11.2. The Morgan fingerprint density at radius 2 is 2.00 bits per heavy atom. The van der Waals surface area contributed by atoms with Crippen molar-refractivity contribution in [2.24, 2.45) is 0 Å². The summed E-state index contributed by atoms with van der Waals surface area (Å²) in [6.45, 7) is 1.88. The first-order chi connectivity index (χ1) is 11.5. The van der Waals surface area contributed by atoms with Crippen LogP contribution in [0.3, 0.4) is 0 Å². The molecule has 0 saturated carbocycles. The Morgan fingerprint density at radius 3 is 2.71 bits per heavy atom. The Hall–Kier alpha value is -2.74. The van der Waals surface area contributed by atoms with Gasteiger partial charge in [0.25, 0.3) is 5.69 Å². The van der Waals surface area contributed by atoms with Crippen molar-refractivity contribution in [3.8, 4) is 5.69 Å². The average molecular weight is 388 g/mol. The van der Waals surface area contributed by atoms with Crippen LogP contribution in [0.5, 0.6) is 0 Å². The van der Waals surface area contributed by atoms with E-state index in [0.717, 1.165) is 5.69 Å². The van der Waals surface area contributed by atoms with E-state index in [0.29, 0.717) is 15.9 Å². The lowest BCUT2D eigenvalue weighted by Gasteiger charge is -2.12. The largest absolute Gasteiger partial charge is 0.371 e. The van der Waals surface area contributed by atoms with Gasteiger partial charge >= 0.3 is 0 Å². The van der Waals surface area contributed by atoms with Gasteiger partial charge in [-0.15, -0.1) is 5.10 Å². The Labute approximate surface area is 146 Å². The topological polar surface area (TPSA) is 85.9 Å². The number of halogens is 1. The van der Waals surface area contributed by atoms with Crippen LogP contribution >= 0.6 is 15.9 Å². The molecule has 0 fully saturated rings. The molecule has 1 unspecified atom stereocenters. The smallest absolute Gasteiger partial charge is 0.293 e. The first kappa shape index (κ1) is 16.1. The van der Waals surface area contributed by atoms with Gasteiger partial charge in [0.1, 0.15) is 11.4 Å². The molecular formula is C16H14BrN5O2. The molecule has 2 aromatic carbocycles. The number of nitrogens with one attached hydrogen (secondary N) is 1. The second-order valence-electron chi connectivity index (χ2n) is 5.21. The van der Waals surface area contributed by atoms with Crippen LogP contribution in [0, 0.1) is 10.1 Å². The van der Waals surface area contributed by atoms with Crippen LogP contribution in [-0.4, -0.2) is 19.9 Å². The Balaban J connectivity index is 1.82. The zero-order chi connectivity index (χ0) is 17.1. The van der Waals surface area contributed by atoms with Crippen LogP contribution in [0.25, 0.3) is 5.69 Å². The van der Waals surface area contributed by atoms with Gasteiger partial charge in [-0.1, -0.05) is 39.3 Å². The third-order valence-electron chi connectivity index (χ3n) is 3.50. The quantitative estimate of drug-likeness (QED) is 0.525. The predicted octanol–water partition coefficient (Wildman–Crippen LogP) is 4.11. The first-order valence-corrected chi connectivity index (χ1v) is 8.02. The summed E-state index contributed by atoms with van der Waals surface area (Å²) in [5, 5.41) is 22.6. The fourth-order valence-corrected chi connectivity index (χ4v) is 2.62. The predicted molar refractivity (Wildman–Crippen MR) is 94.2 cm³/mol. The molecule has 3 rings (SSSR count). The SMILES string of the molecule is CC(Nc1ccc(Br)cc1[N+](=O)[O-])c1cn(-c2ccccc2)nn1.